The van der Waals surface area contributed by atoms with Gasteiger partial charge in [0.2, 0.25) is 0 Å². The Morgan fingerprint density at radius 2 is 2.23 bits per heavy atom. The molecule has 0 spiro atoms. The highest BCUT2D eigenvalue weighted by atomic mass is 14.1. The van der Waals surface area contributed by atoms with Crippen molar-refractivity contribution in [1.82, 2.24) is 0 Å². The number of hydrogen-bond acceptors (Lipinski definition) is 0. The molecule has 0 nitrogen and oxygen atoms in total. The van der Waals surface area contributed by atoms with Crippen LogP contribution in [0.1, 0.15) is 36.3 Å². The Bertz CT molecular complexity index is 310. The normalized spacial score (nSPS) is 21.8. The summed E-state index contributed by atoms with van der Waals surface area (Å²) in [5, 5.41) is 0. The predicted octanol–water partition coefficient (Wildman–Crippen LogP) is 3.82. The molecule has 0 aromatic heterocycles. The van der Waals surface area contributed by atoms with Crippen molar-refractivity contribution in [2.45, 2.75) is 32.1 Å². The lowest BCUT2D eigenvalue weighted by atomic mass is 9.89. The van der Waals surface area contributed by atoms with E-state index in [0.717, 1.165) is 0 Å². The number of rotatable bonds is 1. The Morgan fingerprint density at radius 1 is 1.31 bits per heavy atom. The largest absolute Gasteiger partial charge is 0.0879 e. The van der Waals surface area contributed by atoms with E-state index in [9.17, 15) is 0 Å². The second-order valence-corrected chi connectivity index (χ2v) is 3.88. The first-order valence-electron chi connectivity index (χ1n) is 5.09. The van der Waals surface area contributed by atoms with E-state index < -0.39 is 0 Å². The molecule has 68 valence electrons. The molecule has 0 saturated carbocycles. The third kappa shape index (κ3) is 2.00. The molecule has 0 bridgehead atoms. The van der Waals surface area contributed by atoms with Gasteiger partial charge in [-0.3, -0.25) is 0 Å². The Labute approximate surface area is 80.3 Å². The molecule has 13 heavy (non-hydrogen) atoms. The standard InChI is InChI=1S/C13H16/c1-11-6-5-9-13(10-11)12-7-3-2-4-8-12/h3,5-7,9-10,12H,2,4,8H2,1H3. The summed E-state index contributed by atoms with van der Waals surface area (Å²) < 4.78 is 0. The average molecular weight is 172 g/mol. The van der Waals surface area contributed by atoms with Gasteiger partial charge >= 0.3 is 0 Å². The highest BCUT2D eigenvalue weighted by molar-refractivity contribution is 5.28. The minimum absolute atomic E-state index is 0.675. The second-order valence-electron chi connectivity index (χ2n) is 3.88. The van der Waals surface area contributed by atoms with Crippen LogP contribution in [-0.4, -0.2) is 0 Å². The molecule has 0 radical (unpaired) electrons. The molecule has 0 amide bonds. The molecule has 1 atom stereocenters. The van der Waals surface area contributed by atoms with E-state index in [1.54, 1.807) is 0 Å². The fraction of sp³-hybridized carbons (Fsp3) is 0.385. The van der Waals surface area contributed by atoms with Gasteiger partial charge in [-0.1, -0.05) is 42.0 Å². The maximum atomic E-state index is 2.36. The maximum Gasteiger partial charge on any atom is 0.00181 e. The van der Waals surface area contributed by atoms with E-state index in [2.05, 4.69) is 43.3 Å². The summed E-state index contributed by atoms with van der Waals surface area (Å²) >= 11 is 0. The topological polar surface area (TPSA) is 0 Å². The van der Waals surface area contributed by atoms with Crippen molar-refractivity contribution in [3.05, 3.63) is 47.5 Å². The van der Waals surface area contributed by atoms with Crippen molar-refractivity contribution >= 4 is 0 Å². The minimum atomic E-state index is 0.675. The van der Waals surface area contributed by atoms with E-state index in [1.807, 2.05) is 0 Å². The van der Waals surface area contributed by atoms with E-state index >= 15 is 0 Å². The fourth-order valence-corrected chi connectivity index (χ4v) is 1.99. The van der Waals surface area contributed by atoms with E-state index in [-0.39, 0.29) is 0 Å². The molecule has 1 unspecified atom stereocenters. The van der Waals surface area contributed by atoms with Crippen LogP contribution in [0.3, 0.4) is 0 Å². The van der Waals surface area contributed by atoms with Crippen LogP contribution in [0.25, 0.3) is 0 Å². The zero-order valence-electron chi connectivity index (χ0n) is 8.16. The summed E-state index contributed by atoms with van der Waals surface area (Å²) in [5.41, 5.74) is 2.85. The molecule has 0 aliphatic heterocycles. The molecule has 0 heterocycles. The first kappa shape index (κ1) is 8.55. The Balaban J connectivity index is 2.24. The van der Waals surface area contributed by atoms with Gasteiger partial charge in [0.25, 0.3) is 0 Å². The Kier molecular flexibility index (Phi) is 2.49. The molecule has 0 fully saturated rings. The first-order valence-corrected chi connectivity index (χ1v) is 5.09. The molecule has 0 heteroatoms. The zero-order valence-corrected chi connectivity index (χ0v) is 8.16. The quantitative estimate of drug-likeness (QED) is 0.565. The Morgan fingerprint density at radius 3 is 2.92 bits per heavy atom. The van der Waals surface area contributed by atoms with Crippen LogP contribution in [0.2, 0.25) is 0 Å². The summed E-state index contributed by atoms with van der Waals surface area (Å²) in [6, 6.07) is 8.87. The van der Waals surface area contributed by atoms with Crippen molar-refractivity contribution in [2.24, 2.45) is 0 Å². The molecular formula is C13H16. The zero-order chi connectivity index (χ0) is 9.10. The van der Waals surface area contributed by atoms with Gasteiger partial charge < -0.3 is 0 Å². The molecule has 0 N–H and O–H groups in total. The van der Waals surface area contributed by atoms with Gasteiger partial charge in [-0.2, -0.15) is 0 Å². The summed E-state index contributed by atoms with van der Waals surface area (Å²) in [4.78, 5) is 0. The van der Waals surface area contributed by atoms with E-state index in [4.69, 9.17) is 0 Å². The van der Waals surface area contributed by atoms with Crippen molar-refractivity contribution in [3.8, 4) is 0 Å². The molecule has 1 aromatic carbocycles. The van der Waals surface area contributed by atoms with Crippen LogP contribution < -0.4 is 0 Å². The van der Waals surface area contributed by atoms with E-state index in [0.29, 0.717) is 5.92 Å². The van der Waals surface area contributed by atoms with Crippen molar-refractivity contribution in [1.29, 1.82) is 0 Å². The average Bonchev–Trinajstić information content (AvgIpc) is 2.19. The molecule has 1 aliphatic rings. The lowest BCUT2D eigenvalue weighted by Gasteiger charge is -2.16. The van der Waals surface area contributed by atoms with Crippen LogP contribution in [-0.2, 0) is 0 Å². The van der Waals surface area contributed by atoms with Crippen molar-refractivity contribution in [2.75, 3.05) is 0 Å². The van der Waals surface area contributed by atoms with Crippen molar-refractivity contribution in [3.63, 3.8) is 0 Å². The Hall–Kier alpha value is -1.04. The highest BCUT2D eigenvalue weighted by Gasteiger charge is 2.09. The number of aryl methyl sites for hydroxylation is 1. The van der Waals surface area contributed by atoms with Gasteiger partial charge in [-0.05, 0) is 31.7 Å². The monoisotopic (exact) mass is 172 g/mol. The molecule has 2 rings (SSSR count). The van der Waals surface area contributed by atoms with Crippen LogP contribution in [0.15, 0.2) is 36.4 Å². The molecular weight excluding hydrogens is 156 g/mol. The summed E-state index contributed by atoms with van der Waals surface area (Å²) in [6.45, 7) is 2.16. The smallest absolute Gasteiger partial charge is 0.00181 e. The highest BCUT2D eigenvalue weighted by Crippen LogP contribution is 2.27. The number of hydrogen-bond donors (Lipinski definition) is 0. The van der Waals surface area contributed by atoms with Crippen LogP contribution in [0.5, 0.6) is 0 Å². The molecule has 1 aromatic rings. The summed E-state index contributed by atoms with van der Waals surface area (Å²) in [6.07, 6.45) is 8.60. The van der Waals surface area contributed by atoms with Gasteiger partial charge in [-0.25, -0.2) is 0 Å². The van der Waals surface area contributed by atoms with Crippen molar-refractivity contribution < 1.29 is 0 Å². The molecule has 0 saturated heterocycles. The predicted molar refractivity (Wildman–Crippen MR) is 56.9 cm³/mol. The summed E-state index contributed by atoms with van der Waals surface area (Å²) in [7, 11) is 0. The van der Waals surface area contributed by atoms with Crippen LogP contribution >= 0.6 is 0 Å². The van der Waals surface area contributed by atoms with Gasteiger partial charge in [0.05, 0.1) is 0 Å². The van der Waals surface area contributed by atoms with Gasteiger partial charge in [0.1, 0.15) is 0 Å². The maximum absolute atomic E-state index is 2.36. The van der Waals surface area contributed by atoms with Crippen LogP contribution in [0, 0.1) is 6.92 Å². The first-order chi connectivity index (χ1) is 6.36. The SMILES string of the molecule is Cc1cccc(C2C=CCCC2)c1. The summed E-state index contributed by atoms with van der Waals surface area (Å²) in [5.74, 6) is 0.675. The molecule has 1 aliphatic carbocycles. The van der Waals surface area contributed by atoms with Gasteiger partial charge in [-0.15, -0.1) is 0 Å². The number of benzene rings is 1. The van der Waals surface area contributed by atoms with Gasteiger partial charge in [0, 0.05) is 5.92 Å². The number of allylic oxidation sites excluding steroid dienone is 2. The fourth-order valence-electron chi connectivity index (χ4n) is 1.99. The lowest BCUT2D eigenvalue weighted by Crippen LogP contribution is -1.99. The third-order valence-corrected chi connectivity index (χ3v) is 2.72. The van der Waals surface area contributed by atoms with Gasteiger partial charge in [0.15, 0.2) is 0 Å². The second kappa shape index (κ2) is 3.78. The minimum Gasteiger partial charge on any atom is -0.0879 e. The lowest BCUT2D eigenvalue weighted by molar-refractivity contribution is 0.654. The van der Waals surface area contributed by atoms with E-state index in [1.165, 1.54) is 30.4 Å². The van der Waals surface area contributed by atoms with Crippen LogP contribution in [0.4, 0.5) is 0 Å². The third-order valence-electron chi connectivity index (χ3n) is 2.72.